The van der Waals surface area contributed by atoms with E-state index in [4.69, 9.17) is 18.9 Å². The number of alkyl carbamates (subject to hydrolysis) is 1. The van der Waals surface area contributed by atoms with Crippen LogP contribution in [0.2, 0.25) is 0 Å². The standard InChI is InChI=1S/C37H50F2N4O7/c1-5-25-29-21-43(30(25)22(2)44)34(45)32(36(3)16-18-48-19-17-36)42-35(46)50-28-12-9-11-23(28)10-7-6-8-15-37(38,39)31-33(49-29)41-27-20-24(47-4)13-14-26(27)40-31/h13-14,20,23,25,28-30,32H,5-12,15-19,21H2,1-4H3,(H,42,46)/t23-,25-,28-,29+,30-,32-/m1/s1. The van der Waals surface area contributed by atoms with Crippen LogP contribution in [0.4, 0.5) is 13.6 Å². The van der Waals surface area contributed by atoms with E-state index in [0.717, 1.165) is 25.7 Å². The number of methoxy groups -OCH3 is 1. The van der Waals surface area contributed by atoms with E-state index < -0.39 is 59.6 Å². The second kappa shape index (κ2) is 14.9. The lowest BCUT2D eigenvalue weighted by molar-refractivity contribution is -0.143. The predicted octanol–water partition coefficient (Wildman–Crippen LogP) is 6.35. The first-order chi connectivity index (χ1) is 23.9. The third-order valence-electron chi connectivity index (χ3n) is 11.5. The highest BCUT2D eigenvalue weighted by molar-refractivity contribution is 5.92. The minimum absolute atomic E-state index is 0.0606. The Balaban J connectivity index is 1.42. The van der Waals surface area contributed by atoms with Crippen LogP contribution in [0, 0.1) is 17.3 Å². The third kappa shape index (κ3) is 7.38. The van der Waals surface area contributed by atoms with Crippen molar-refractivity contribution in [3.8, 4) is 11.6 Å². The van der Waals surface area contributed by atoms with Gasteiger partial charge in [0.2, 0.25) is 11.8 Å². The number of Topliss-reactive ketones (excluding diaryl/α,β-unsaturated/α-hetero) is 1. The molecule has 50 heavy (non-hydrogen) atoms. The topological polar surface area (TPSA) is 129 Å². The highest BCUT2D eigenvalue weighted by Gasteiger charge is 2.52. The molecule has 13 heteroatoms. The number of nitrogens with zero attached hydrogens (tertiary/aromatic N) is 3. The fourth-order valence-corrected chi connectivity index (χ4v) is 8.50. The molecule has 2 aromatic rings. The molecule has 1 aliphatic carbocycles. The smallest absolute Gasteiger partial charge is 0.408 e. The van der Waals surface area contributed by atoms with Crippen molar-refractivity contribution in [3.05, 3.63) is 23.9 Å². The highest BCUT2D eigenvalue weighted by Crippen LogP contribution is 2.42. The van der Waals surface area contributed by atoms with Crippen molar-refractivity contribution in [2.24, 2.45) is 17.3 Å². The quantitative estimate of drug-likeness (QED) is 0.388. The molecule has 0 radical (unpaired) electrons. The first-order valence-corrected chi connectivity index (χ1v) is 18.2. The molecule has 3 fully saturated rings. The van der Waals surface area contributed by atoms with Gasteiger partial charge < -0.3 is 29.2 Å². The molecule has 1 aromatic carbocycles. The van der Waals surface area contributed by atoms with Crippen LogP contribution in [0.3, 0.4) is 0 Å². The second-order valence-corrected chi connectivity index (χ2v) is 14.8. The summed E-state index contributed by atoms with van der Waals surface area (Å²) in [5, 5.41) is 2.94. The fraction of sp³-hybridized carbons (Fsp3) is 0.703. The van der Waals surface area contributed by atoms with Crippen LogP contribution >= 0.6 is 0 Å². The third-order valence-corrected chi connectivity index (χ3v) is 11.5. The Bertz CT molecular complexity index is 1570. The molecule has 0 spiro atoms. The Morgan fingerprint density at radius 1 is 1.00 bits per heavy atom. The number of carbonyl (C=O) groups is 3. The number of nitrogens with one attached hydrogen (secondary N) is 1. The molecule has 2 amide bonds. The number of halogens is 2. The van der Waals surface area contributed by atoms with E-state index in [1.165, 1.54) is 18.9 Å². The van der Waals surface area contributed by atoms with Gasteiger partial charge in [0.05, 0.1) is 30.7 Å². The Morgan fingerprint density at radius 3 is 2.48 bits per heavy atom. The zero-order chi connectivity index (χ0) is 35.6. The van der Waals surface area contributed by atoms with E-state index in [0.29, 0.717) is 56.6 Å². The van der Waals surface area contributed by atoms with Gasteiger partial charge in [-0.05, 0) is 76.3 Å². The minimum Gasteiger partial charge on any atom is -0.497 e. The van der Waals surface area contributed by atoms with Crippen molar-refractivity contribution in [1.82, 2.24) is 20.2 Å². The van der Waals surface area contributed by atoms with Crippen LogP contribution in [-0.2, 0) is 25.0 Å². The molecule has 274 valence electrons. The van der Waals surface area contributed by atoms with Gasteiger partial charge in [-0.2, -0.15) is 8.78 Å². The van der Waals surface area contributed by atoms with Gasteiger partial charge in [-0.3, -0.25) is 9.59 Å². The summed E-state index contributed by atoms with van der Waals surface area (Å²) in [6.07, 6.45) is 3.99. The SMILES string of the molecule is CC[C@@H]1[C@@H]2CN(C(=O)[C@H](C3(C)CCOCC3)NC(=O)O[C@@H]3CCC[C@H]3CCCCCC(F)(F)c3nc4ccc(OC)cc4nc3O2)[C@@H]1C(C)=O. The van der Waals surface area contributed by atoms with Crippen molar-refractivity contribution >= 4 is 28.8 Å². The van der Waals surface area contributed by atoms with Gasteiger partial charge >= 0.3 is 6.09 Å². The summed E-state index contributed by atoms with van der Waals surface area (Å²) in [5.41, 5.74) is -0.641. The van der Waals surface area contributed by atoms with E-state index in [1.807, 2.05) is 13.8 Å². The van der Waals surface area contributed by atoms with Gasteiger partial charge in [-0.15, -0.1) is 0 Å². The summed E-state index contributed by atoms with van der Waals surface area (Å²) in [7, 11) is 1.50. The molecule has 1 N–H and O–H groups in total. The zero-order valence-corrected chi connectivity index (χ0v) is 29.6. The van der Waals surface area contributed by atoms with Gasteiger partial charge in [0.15, 0.2) is 11.5 Å². The molecule has 11 nitrogen and oxygen atoms in total. The number of benzene rings is 1. The summed E-state index contributed by atoms with van der Waals surface area (Å²) in [6.45, 7) is 6.02. The summed E-state index contributed by atoms with van der Waals surface area (Å²) < 4.78 is 55.8. The average Bonchev–Trinajstić information content (AvgIpc) is 3.69. The molecular weight excluding hydrogens is 650 g/mol. The number of alkyl halides is 2. The Morgan fingerprint density at radius 2 is 1.76 bits per heavy atom. The number of aromatic nitrogens is 2. The van der Waals surface area contributed by atoms with Crippen LogP contribution in [-0.4, -0.2) is 83.8 Å². The Kier molecular flexibility index (Phi) is 10.8. The van der Waals surface area contributed by atoms with Gasteiger partial charge in [-0.25, -0.2) is 14.8 Å². The van der Waals surface area contributed by atoms with Gasteiger partial charge in [-0.1, -0.05) is 26.7 Å². The van der Waals surface area contributed by atoms with E-state index >= 15 is 8.78 Å². The molecule has 2 saturated heterocycles. The van der Waals surface area contributed by atoms with Crippen molar-refractivity contribution in [2.45, 2.75) is 122 Å². The minimum atomic E-state index is -3.35. The summed E-state index contributed by atoms with van der Waals surface area (Å²) in [6, 6.07) is 2.94. The van der Waals surface area contributed by atoms with Crippen molar-refractivity contribution in [2.75, 3.05) is 26.9 Å². The van der Waals surface area contributed by atoms with Crippen LogP contribution in [0.5, 0.6) is 11.6 Å². The number of ether oxygens (including phenoxy) is 4. The Hall–Kier alpha value is -3.61. The van der Waals surface area contributed by atoms with Crippen LogP contribution < -0.4 is 14.8 Å². The summed E-state index contributed by atoms with van der Waals surface area (Å²) >= 11 is 0. The van der Waals surface area contributed by atoms with Crippen molar-refractivity contribution in [3.63, 3.8) is 0 Å². The van der Waals surface area contributed by atoms with E-state index in [1.54, 1.807) is 18.2 Å². The molecule has 2 bridgehead atoms. The highest BCUT2D eigenvalue weighted by atomic mass is 19.3. The molecule has 1 aromatic heterocycles. The lowest BCUT2D eigenvalue weighted by Crippen LogP contribution is -2.59. The number of ketones is 1. The zero-order valence-electron chi connectivity index (χ0n) is 29.6. The average molecular weight is 701 g/mol. The number of amides is 2. The number of carbonyl (C=O) groups excluding carboxylic acids is 3. The maximum absolute atomic E-state index is 16.2. The van der Waals surface area contributed by atoms with Gasteiger partial charge in [0, 0.05) is 37.0 Å². The fourth-order valence-electron chi connectivity index (χ4n) is 8.50. The lowest BCUT2D eigenvalue weighted by Gasteiger charge is -2.42. The number of hydrogen-bond donors (Lipinski definition) is 1. The molecule has 3 aliphatic heterocycles. The number of rotatable bonds is 4. The number of fused-ring (bicyclic) bond motifs is 5. The molecule has 6 rings (SSSR count). The maximum atomic E-state index is 16.2. The largest absolute Gasteiger partial charge is 0.497 e. The second-order valence-electron chi connectivity index (χ2n) is 14.8. The first kappa shape index (κ1) is 36.2. The first-order valence-electron chi connectivity index (χ1n) is 18.2. The molecule has 4 aliphatic rings. The molecular formula is C37H50F2N4O7. The molecule has 0 unspecified atom stereocenters. The molecule has 6 atom stereocenters. The summed E-state index contributed by atoms with van der Waals surface area (Å²) in [5.74, 6) is -4.29. The normalized spacial score (nSPS) is 30.5. The van der Waals surface area contributed by atoms with Crippen molar-refractivity contribution < 1.29 is 42.1 Å². The van der Waals surface area contributed by atoms with Crippen LogP contribution in [0.15, 0.2) is 18.2 Å². The van der Waals surface area contributed by atoms with Gasteiger partial charge in [0.1, 0.15) is 24.0 Å². The Labute approximate surface area is 292 Å². The lowest BCUT2D eigenvalue weighted by atomic mass is 9.75. The van der Waals surface area contributed by atoms with Crippen LogP contribution in [0.1, 0.15) is 97.1 Å². The molecule has 1 saturated carbocycles. The maximum Gasteiger partial charge on any atom is 0.408 e. The predicted molar refractivity (Wildman–Crippen MR) is 180 cm³/mol. The van der Waals surface area contributed by atoms with E-state index in [2.05, 4.69) is 15.3 Å². The monoisotopic (exact) mass is 700 g/mol. The van der Waals surface area contributed by atoms with E-state index in [-0.39, 0.29) is 42.2 Å². The van der Waals surface area contributed by atoms with E-state index in [9.17, 15) is 14.4 Å². The van der Waals surface area contributed by atoms with Crippen LogP contribution in [0.25, 0.3) is 11.0 Å². The summed E-state index contributed by atoms with van der Waals surface area (Å²) in [4.78, 5) is 52.1. The van der Waals surface area contributed by atoms with Crippen molar-refractivity contribution in [1.29, 1.82) is 0 Å². The number of hydrogen-bond acceptors (Lipinski definition) is 9. The molecule has 4 heterocycles. The van der Waals surface area contributed by atoms with Gasteiger partial charge in [0.25, 0.3) is 5.92 Å².